The van der Waals surface area contributed by atoms with Crippen LogP contribution in [-0.2, 0) is 27.5 Å². The number of rotatable bonds is 4. The summed E-state index contributed by atoms with van der Waals surface area (Å²) in [4.78, 5) is 14.4. The van der Waals surface area contributed by atoms with E-state index in [0.29, 0.717) is 24.4 Å². The van der Waals surface area contributed by atoms with Crippen molar-refractivity contribution in [3.63, 3.8) is 0 Å². The van der Waals surface area contributed by atoms with Crippen molar-refractivity contribution < 1.29 is 22.7 Å². The Kier molecular flexibility index (Phi) is 3.19. The number of sulfone groups is 1. The highest BCUT2D eigenvalue weighted by atomic mass is 32.2. The third-order valence-electron chi connectivity index (χ3n) is 2.80. The molecule has 94 valence electrons. The number of oxazole rings is 1. The first kappa shape index (κ1) is 12.1. The summed E-state index contributed by atoms with van der Waals surface area (Å²) in [6.07, 6.45) is 2.60. The summed E-state index contributed by atoms with van der Waals surface area (Å²) in [7, 11) is -3.02. The summed E-state index contributed by atoms with van der Waals surface area (Å²) in [5.41, 5.74) is 0.322. The van der Waals surface area contributed by atoms with Gasteiger partial charge < -0.3 is 9.52 Å². The zero-order valence-corrected chi connectivity index (χ0v) is 9.94. The number of aliphatic carboxylic acids is 1. The molecule has 6 nitrogen and oxygen atoms in total. The fraction of sp³-hybridized carbons (Fsp3) is 0.600. The molecule has 1 aromatic rings. The average Bonchev–Trinajstić information content (AvgIpc) is 2.75. The largest absolute Gasteiger partial charge is 0.481 e. The van der Waals surface area contributed by atoms with Crippen molar-refractivity contribution >= 4 is 15.8 Å². The van der Waals surface area contributed by atoms with Gasteiger partial charge in [-0.05, 0) is 12.8 Å². The van der Waals surface area contributed by atoms with E-state index in [9.17, 15) is 13.2 Å². The maximum atomic E-state index is 11.6. The van der Waals surface area contributed by atoms with E-state index in [4.69, 9.17) is 9.52 Å². The number of carboxylic acids is 1. The maximum Gasteiger partial charge on any atom is 0.309 e. The lowest BCUT2D eigenvalue weighted by atomic mass is 10.2. The molecular weight excluding hydrogens is 246 g/mol. The van der Waals surface area contributed by atoms with Gasteiger partial charge in [0.25, 0.3) is 0 Å². The lowest BCUT2D eigenvalue weighted by Crippen LogP contribution is -2.18. The van der Waals surface area contributed by atoms with Crippen molar-refractivity contribution in [2.75, 3.05) is 5.75 Å². The van der Waals surface area contributed by atoms with Gasteiger partial charge in [0.2, 0.25) is 0 Å². The third kappa shape index (κ3) is 2.85. The fourth-order valence-corrected chi connectivity index (χ4v) is 3.79. The van der Waals surface area contributed by atoms with Gasteiger partial charge in [-0.25, -0.2) is 13.4 Å². The van der Waals surface area contributed by atoms with Crippen LogP contribution in [0, 0.1) is 0 Å². The monoisotopic (exact) mass is 259 g/mol. The first-order valence-electron chi connectivity index (χ1n) is 5.34. The van der Waals surface area contributed by atoms with Crippen LogP contribution in [0.1, 0.15) is 24.4 Å². The van der Waals surface area contributed by atoms with Gasteiger partial charge in [0, 0.05) is 6.42 Å². The number of hydrogen-bond acceptors (Lipinski definition) is 5. The summed E-state index contributed by atoms with van der Waals surface area (Å²) in [6.45, 7) is 0. The van der Waals surface area contributed by atoms with Gasteiger partial charge in [-0.3, -0.25) is 4.79 Å². The molecule has 1 aromatic heterocycles. The topological polar surface area (TPSA) is 97.5 Å². The van der Waals surface area contributed by atoms with Crippen LogP contribution in [0.3, 0.4) is 0 Å². The van der Waals surface area contributed by atoms with Gasteiger partial charge in [0.15, 0.2) is 15.7 Å². The first-order valence-corrected chi connectivity index (χ1v) is 7.05. The lowest BCUT2D eigenvalue weighted by molar-refractivity contribution is -0.136. The van der Waals surface area contributed by atoms with Crippen LogP contribution in [0.5, 0.6) is 0 Å². The molecule has 1 aliphatic heterocycles. The molecule has 1 saturated heterocycles. The SMILES string of the molecule is O=C(O)Cc1coc(CC2CCCS2(=O)=O)n1. The van der Waals surface area contributed by atoms with Crippen molar-refractivity contribution in [1.82, 2.24) is 4.98 Å². The molecule has 0 spiro atoms. The van der Waals surface area contributed by atoms with Crippen LogP contribution in [0.15, 0.2) is 10.7 Å². The number of aromatic nitrogens is 1. The van der Waals surface area contributed by atoms with Crippen LogP contribution in [-0.4, -0.2) is 35.5 Å². The van der Waals surface area contributed by atoms with E-state index < -0.39 is 21.1 Å². The molecule has 0 radical (unpaired) electrons. The van der Waals surface area contributed by atoms with E-state index >= 15 is 0 Å². The predicted molar refractivity (Wildman–Crippen MR) is 58.4 cm³/mol. The van der Waals surface area contributed by atoms with Crippen molar-refractivity contribution in [1.29, 1.82) is 0 Å². The quantitative estimate of drug-likeness (QED) is 0.841. The highest BCUT2D eigenvalue weighted by Crippen LogP contribution is 2.23. The van der Waals surface area contributed by atoms with Crippen LogP contribution >= 0.6 is 0 Å². The Hall–Kier alpha value is -1.37. The standard InChI is InChI=1S/C10H13NO5S/c12-10(13)4-7-6-16-9(11-7)5-8-2-1-3-17(8,14)15/h6,8H,1-5H2,(H,12,13). The molecule has 0 aromatic carbocycles. The molecule has 17 heavy (non-hydrogen) atoms. The Balaban J connectivity index is 2.04. The smallest absolute Gasteiger partial charge is 0.309 e. The Morgan fingerprint density at radius 3 is 2.94 bits per heavy atom. The molecule has 0 aliphatic carbocycles. The molecule has 2 heterocycles. The van der Waals surface area contributed by atoms with Gasteiger partial charge >= 0.3 is 5.97 Å². The van der Waals surface area contributed by atoms with Gasteiger partial charge in [0.05, 0.1) is 23.1 Å². The van der Waals surface area contributed by atoms with Gasteiger partial charge in [-0.1, -0.05) is 0 Å². The Morgan fingerprint density at radius 2 is 2.35 bits per heavy atom. The minimum absolute atomic E-state index is 0.207. The highest BCUT2D eigenvalue weighted by molar-refractivity contribution is 7.92. The number of carbonyl (C=O) groups is 1. The van der Waals surface area contributed by atoms with Crippen LogP contribution < -0.4 is 0 Å². The molecule has 7 heteroatoms. The van der Waals surface area contributed by atoms with E-state index in [-0.39, 0.29) is 18.6 Å². The van der Waals surface area contributed by atoms with Crippen LogP contribution in [0.4, 0.5) is 0 Å². The normalized spacial score (nSPS) is 22.7. The molecule has 2 rings (SSSR count). The summed E-state index contributed by atoms with van der Waals surface area (Å²) >= 11 is 0. The zero-order valence-electron chi connectivity index (χ0n) is 9.13. The molecule has 1 aliphatic rings. The van der Waals surface area contributed by atoms with E-state index in [1.165, 1.54) is 6.26 Å². The van der Waals surface area contributed by atoms with E-state index in [1.807, 2.05) is 0 Å². The van der Waals surface area contributed by atoms with Crippen LogP contribution in [0.2, 0.25) is 0 Å². The highest BCUT2D eigenvalue weighted by Gasteiger charge is 2.32. The molecule has 1 fully saturated rings. The van der Waals surface area contributed by atoms with Crippen molar-refractivity contribution in [3.8, 4) is 0 Å². The number of carboxylic acid groups (broad SMARTS) is 1. The fourth-order valence-electron chi connectivity index (χ4n) is 1.96. The molecule has 0 saturated carbocycles. The van der Waals surface area contributed by atoms with E-state index in [2.05, 4.69) is 4.98 Å². The second kappa shape index (κ2) is 4.48. The summed E-state index contributed by atoms with van der Waals surface area (Å²) < 4.78 is 28.3. The van der Waals surface area contributed by atoms with E-state index in [0.717, 1.165) is 0 Å². The first-order chi connectivity index (χ1) is 7.97. The van der Waals surface area contributed by atoms with Gasteiger partial charge in [0.1, 0.15) is 6.26 Å². The summed E-state index contributed by atoms with van der Waals surface area (Å²) in [5.74, 6) is -0.463. The average molecular weight is 259 g/mol. The molecule has 0 amide bonds. The Bertz CT molecular complexity index is 519. The molecule has 1 unspecified atom stereocenters. The van der Waals surface area contributed by atoms with Gasteiger partial charge in [-0.15, -0.1) is 0 Å². The van der Waals surface area contributed by atoms with Crippen molar-refractivity contribution in [2.24, 2.45) is 0 Å². The molecule has 1 atom stereocenters. The molecule has 0 bridgehead atoms. The number of hydrogen-bond donors (Lipinski definition) is 1. The Labute approximate surface area is 98.6 Å². The minimum Gasteiger partial charge on any atom is -0.481 e. The predicted octanol–water partition coefficient (Wildman–Crippen LogP) is 0.421. The van der Waals surface area contributed by atoms with Crippen LogP contribution in [0.25, 0.3) is 0 Å². The third-order valence-corrected chi connectivity index (χ3v) is 5.07. The number of nitrogens with zero attached hydrogens (tertiary/aromatic N) is 1. The Morgan fingerprint density at radius 1 is 1.59 bits per heavy atom. The minimum atomic E-state index is -3.02. The molecular formula is C10H13NO5S. The summed E-state index contributed by atoms with van der Waals surface area (Å²) in [5, 5.41) is 8.13. The van der Waals surface area contributed by atoms with Crippen molar-refractivity contribution in [3.05, 3.63) is 17.8 Å². The second-order valence-corrected chi connectivity index (χ2v) is 6.54. The molecule has 1 N–H and O–H groups in total. The second-order valence-electron chi connectivity index (χ2n) is 4.14. The lowest BCUT2D eigenvalue weighted by Gasteiger charge is -2.04. The van der Waals surface area contributed by atoms with E-state index in [1.54, 1.807) is 0 Å². The summed E-state index contributed by atoms with van der Waals surface area (Å²) in [6, 6.07) is 0. The maximum absolute atomic E-state index is 11.6. The van der Waals surface area contributed by atoms with Crippen molar-refractivity contribution in [2.45, 2.75) is 30.9 Å². The van der Waals surface area contributed by atoms with Gasteiger partial charge in [-0.2, -0.15) is 0 Å². The zero-order chi connectivity index (χ0) is 12.5.